The van der Waals surface area contributed by atoms with Gasteiger partial charge >= 0.3 is 29.6 Å². The molecule has 8 heteroatoms. The van der Waals surface area contributed by atoms with Gasteiger partial charge in [-0.05, 0) is 18.2 Å². The monoisotopic (exact) mass is 363 g/mol. The second-order valence-electron chi connectivity index (χ2n) is 2.66. The summed E-state index contributed by atoms with van der Waals surface area (Å²) in [7, 11) is -4.47. The van der Waals surface area contributed by atoms with Crippen LogP contribution in [0.15, 0.2) is 29.2 Å². The fourth-order valence-corrected chi connectivity index (χ4v) is 1.63. The number of benzene rings is 1. The second kappa shape index (κ2) is 6.92. The molecule has 0 bridgehead atoms. The molecule has 0 radical (unpaired) electrons. The van der Waals surface area contributed by atoms with Gasteiger partial charge in [0.1, 0.15) is 10.1 Å². The number of amides is 1. The summed E-state index contributed by atoms with van der Waals surface area (Å²) in [5, 5.41) is 2.45. The number of hydrogen-bond acceptors (Lipinski definition) is 4. The zero-order chi connectivity index (χ0) is 11.5. The smallest absolute Gasteiger partial charge is 0.744 e. The summed E-state index contributed by atoms with van der Waals surface area (Å²) in [5.41, 5.74) is 0.300. The Kier molecular flexibility index (Phi) is 7.06. The van der Waals surface area contributed by atoms with Crippen molar-refractivity contribution < 1.29 is 47.3 Å². The molecule has 1 aromatic carbocycles. The third-order valence-electron chi connectivity index (χ3n) is 1.53. The van der Waals surface area contributed by atoms with Crippen molar-refractivity contribution in [3.63, 3.8) is 0 Å². The molecule has 0 aliphatic rings. The molecule has 1 rings (SSSR count). The fraction of sp³-hybridized carbons (Fsp3) is 0.125. The molecule has 0 heterocycles. The summed E-state index contributed by atoms with van der Waals surface area (Å²) < 4.78 is 32.3. The van der Waals surface area contributed by atoms with Crippen molar-refractivity contribution in [2.24, 2.45) is 0 Å². The first kappa shape index (κ1) is 16.3. The van der Waals surface area contributed by atoms with E-state index in [1.807, 2.05) is 22.6 Å². The molecule has 0 aromatic heterocycles. The maximum absolute atomic E-state index is 11.0. The number of rotatable bonds is 3. The molecule has 1 N–H and O–H groups in total. The Hall–Kier alpha value is 0.330. The second-order valence-corrected chi connectivity index (χ2v) is 4.81. The number of halogens is 1. The molecule has 0 saturated carbocycles. The molecule has 0 aliphatic heterocycles. The van der Waals surface area contributed by atoms with Crippen molar-refractivity contribution in [3.05, 3.63) is 24.3 Å². The van der Waals surface area contributed by atoms with Gasteiger partial charge in [0, 0.05) is 5.69 Å². The normalized spacial score (nSPS) is 10.4. The zero-order valence-corrected chi connectivity index (χ0v) is 13.4. The van der Waals surface area contributed by atoms with Gasteiger partial charge in [0.05, 0.1) is 9.32 Å². The van der Waals surface area contributed by atoms with Crippen LogP contribution in [0.1, 0.15) is 0 Å². The molecule has 0 unspecified atom stereocenters. The Labute approximate surface area is 129 Å². The van der Waals surface area contributed by atoms with E-state index in [2.05, 4.69) is 5.32 Å². The van der Waals surface area contributed by atoms with Crippen LogP contribution in [0.25, 0.3) is 0 Å². The zero-order valence-electron chi connectivity index (χ0n) is 8.44. The van der Waals surface area contributed by atoms with Gasteiger partial charge < -0.3 is 9.87 Å². The first-order valence-electron chi connectivity index (χ1n) is 3.85. The minimum atomic E-state index is -4.47. The molecule has 82 valence electrons. The summed E-state index contributed by atoms with van der Waals surface area (Å²) in [5.74, 6) is -0.254. The predicted molar refractivity (Wildman–Crippen MR) is 61.9 cm³/mol. The summed E-state index contributed by atoms with van der Waals surface area (Å²) in [6, 6.07) is 5.22. The maximum Gasteiger partial charge on any atom is 1.00 e. The molecule has 1 aromatic rings. The minimum absolute atomic E-state index is 0. The molecule has 5 nitrogen and oxygen atoms in total. The third-order valence-corrected chi connectivity index (χ3v) is 3.05. The Morgan fingerprint density at radius 3 is 2.56 bits per heavy atom. The van der Waals surface area contributed by atoms with Crippen LogP contribution in [-0.2, 0) is 14.9 Å². The SMILES string of the molecule is O=C(CI)Nc1cccc(S(=O)(=O)[O-])c1.[Na+]. The van der Waals surface area contributed by atoms with Crippen molar-refractivity contribution in [1.82, 2.24) is 0 Å². The van der Waals surface area contributed by atoms with Crippen LogP contribution < -0.4 is 34.9 Å². The third kappa shape index (κ3) is 5.11. The van der Waals surface area contributed by atoms with Crippen LogP contribution in [0.3, 0.4) is 0 Å². The van der Waals surface area contributed by atoms with E-state index in [1.54, 1.807) is 0 Å². The van der Waals surface area contributed by atoms with E-state index in [9.17, 15) is 17.8 Å². The summed E-state index contributed by atoms with van der Waals surface area (Å²) in [6.45, 7) is 0. The topological polar surface area (TPSA) is 86.3 Å². The molecule has 0 atom stereocenters. The van der Waals surface area contributed by atoms with Crippen molar-refractivity contribution in [2.75, 3.05) is 9.74 Å². The van der Waals surface area contributed by atoms with E-state index >= 15 is 0 Å². The standard InChI is InChI=1S/C8H8INO4S.Na/c9-5-8(11)10-6-2-1-3-7(4-6)15(12,13)14;/h1-4H,5H2,(H,10,11)(H,12,13,14);/q;+1/p-1. The predicted octanol–water partition coefficient (Wildman–Crippen LogP) is -2.03. The Bertz CT molecular complexity index is 477. The van der Waals surface area contributed by atoms with Crippen molar-refractivity contribution in [2.45, 2.75) is 4.90 Å². The molecular formula is C8H7INNaO4S. The number of alkyl halides is 1. The Morgan fingerprint density at radius 1 is 1.44 bits per heavy atom. The molecule has 16 heavy (non-hydrogen) atoms. The first-order chi connectivity index (χ1) is 6.93. The van der Waals surface area contributed by atoms with Crippen LogP contribution in [0.4, 0.5) is 5.69 Å². The first-order valence-corrected chi connectivity index (χ1v) is 6.78. The van der Waals surface area contributed by atoms with Crippen molar-refractivity contribution in [1.29, 1.82) is 0 Å². The fourth-order valence-electron chi connectivity index (χ4n) is 0.924. The number of anilines is 1. The van der Waals surface area contributed by atoms with Crippen LogP contribution in [0.5, 0.6) is 0 Å². The molecule has 0 spiro atoms. The largest absolute Gasteiger partial charge is 1.00 e. The van der Waals surface area contributed by atoms with E-state index in [4.69, 9.17) is 0 Å². The van der Waals surface area contributed by atoms with Crippen LogP contribution in [-0.4, -0.2) is 23.3 Å². The number of nitrogens with one attached hydrogen (secondary N) is 1. The molecule has 0 fully saturated rings. The number of carbonyl (C=O) groups is 1. The Balaban J connectivity index is 0.00000225. The van der Waals surface area contributed by atoms with Crippen LogP contribution in [0, 0.1) is 0 Å². The summed E-state index contributed by atoms with van der Waals surface area (Å²) in [4.78, 5) is 10.6. The van der Waals surface area contributed by atoms with Gasteiger partial charge in [0.2, 0.25) is 5.91 Å². The number of hydrogen-bond donors (Lipinski definition) is 1. The van der Waals surface area contributed by atoms with Crippen LogP contribution >= 0.6 is 22.6 Å². The van der Waals surface area contributed by atoms with E-state index in [0.717, 1.165) is 6.07 Å². The number of carbonyl (C=O) groups excluding carboxylic acids is 1. The van der Waals surface area contributed by atoms with E-state index in [0.29, 0.717) is 5.69 Å². The average Bonchev–Trinajstić information content (AvgIpc) is 2.17. The minimum Gasteiger partial charge on any atom is -0.744 e. The van der Waals surface area contributed by atoms with Gasteiger partial charge in [0.25, 0.3) is 0 Å². The summed E-state index contributed by atoms with van der Waals surface area (Å²) in [6.07, 6.45) is 0. The van der Waals surface area contributed by atoms with E-state index in [1.165, 1.54) is 18.2 Å². The molecule has 0 aliphatic carbocycles. The van der Waals surface area contributed by atoms with Crippen molar-refractivity contribution >= 4 is 44.3 Å². The summed E-state index contributed by atoms with van der Waals surface area (Å²) >= 11 is 1.87. The van der Waals surface area contributed by atoms with Crippen molar-refractivity contribution in [3.8, 4) is 0 Å². The van der Waals surface area contributed by atoms with Gasteiger partial charge in [-0.15, -0.1) is 0 Å². The van der Waals surface area contributed by atoms with Gasteiger partial charge in [-0.25, -0.2) is 8.42 Å². The molecule has 1 amide bonds. The van der Waals surface area contributed by atoms with E-state index in [-0.39, 0.29) is 44.8 Å². The maximum atomic E-state index is 11.0. The van der Waals surface area contributed by atoms with Gasteiger partial charge in [-0.3, -0.25) is 4.79 Å². The van der Waals surface area contributed by atoms with Gasteiger partial charge in [-0.1, -0.05) is 28.7 Å². The average molecular weight is 363 g/mol. The Morgan fingerprint density at radius 2 is 2.06 bits per heavy atom. The van der Waals surface area contributed by atoms with Gasteiger partial charge in [0.15, 0.2) is 0 Å². The van der Waals surface area contributed by atoms with E-state index < -0.39 is 10.1 Å². The van der Waals surface area contributed by atoms with Gasteiger partial charge in [-0.2, -0.15) is 0 Å². The quantitative estimate of drug-likeness (QED) is 0.291. The van der Waals surface area contributed by atoms with Crippen LogP contribution in [0.2, 0.25) is 0 Å². The molecular weight excluding hydrogens is 356 g/mol. The molecule has 0 saturated heterocycles.